The molecule has 8 nitrogen and oxygen atoms in total. The molecule has 0 bridgehead atoms. The van der Waals surface area contributed by atoms with Gasteiger partial charge in [0, 0.05) is 42.1 Å². The van der Waals surface area contributed by atoms with Crippen molar-refractivity contribution >= 4 is 17.2 Å². The van der Waals surface area contributed by atoms with Crippen LogP contribution in [-0.2, 0) is 11.2 Å². The Bertz CT molecular complexity index is 1030. The zero-order valence-electron chi connectivity index (χ0n) is 16.6. The summed E-state index contributed by atoms with van der Waals surface area (Å²) in [5, 5.41) is 7.99. The second kappa shape index (κ2) is 8.30. The van der Waals surface area contributed by atoms with Gasteiger partial charge in [-0.15, -0.1) is 11.3 Å². The van der Waals surface area contributed by atoms with Crippen LogP contribution in [0.2, 0.25) is 0 Å². The van der Waals surface area contributed by atoms with Crippen LogP contribution in [0.4, 0.5) is 0 Å². The summed E-state index contributed by atoms with van der Waals surface area (Å²) in [6.45, 7) is 5.61. The summed E-state index contributed by atoms with van der Waals surface area (Å²) in [5.41, 5.74) is 2.34. The Morgan fingerprint density at radius 2 is 2.28 bits per heavy atom. The molecule has 152 valence electrons. The largest absolute Gasteiger partial charge is 0.492 e. The Morgan fingerprint density at radius 1 is 1.41 bits per heavy atom. The predicted molar refractivity (Wildman–Crippen MR) is 110 cm³/mol. The van der Waals surface area contributed by atoms with E-state index in [1.54, 1.807) is 36.9 Å². The van der Waals surface area contributed by atoms with E-state index in [1.807, 2.05) is 10.7 Å². The molecule has 0 unspecified atom stereocenters. The number of nitrogens with one attached hydrogen (secondary N) is 1. The van der Waals surface area contributed by atoms with Gasteiger partial charge in [-0.1, -0.05) is 0 Å². The van der Waals surface area contributed by atoms with Gasteiger partial charge in [0.25, 0.3) is 5.91 Å². The molecule has 1 aliphatic rings. The molecule has 0 atom stereocenters. The first-order valence-electron chi connectivity index (χ1n) is 9.52. The molecular weight excluding hydrogens is 390 g/mol. The molecule has 4 rings (SSSR count). The summed E-state index contributed by atoms with van der Waals surface area (Å²) < 4.78 is 12.8. The van der Waals surface area contributed by atoms with Crippen molar-refractivity contribution in [1.29, 1.82) is 0 Å². The number of thiazole rings is 1. The van der Waals surface area contributed by atoms with Gasteiger partial charge in [-0.25, -0.2) is 14.6 Å². The summed E-state index contributed by atoms with van der Waals surface area (Å²) >= 11 is 1.62. The molecule has 29 heavy (non-hydrogen) atoms. The summed E-state index contributed by atoms with van der Waals surface area (Å²) in [6.07, 6.45) is 2.32. The zero-order chi connectivity index (χ0) is 20.4. The quantitative estimate of drug-likeness (QED) is 0.625. The molecule has 9 heteroatoms. The van der Waals surface area contributed by atoms with Crippen LogP contribution in [-0.4, -0.2) is 52.5 Å². The monoisotopic (exact) mass is 413 g/mol. The van der Waals surface area contributed by atoms with Crippen molar-refractivity contribution < 1.29 is 14.3 Å². The maximum Gasteiger partial charge on any atom is 0.251 e. The average Bonchev–Trinajstić information content (AvgIpc) is 3.32. The van der Waals surface area contributed by atoms with Crippen LogP contribution >= 0.6 is 11.3 Å². The average molecular weight is 414 g/mol. The number of methoxy groups -OCH3 is 1. The van der Waals surface area contributed by atoms with Crippen LogP contribution in [0.5, 0.6) is 5.75 Å². The molecule has 0 fully saturated rings. The molecule has 2 aromatic heterocycles. The fourth-order valence-corrected chi connectivity index (χ4v) is 4.25. The molecular formula is C20H23N5O3S. The molecule has 0 saturated carbocycles. The lowest BCUT2D eigenvalue weighted by Crippen LogP contribution is -2.26. The van der Waals surface area contributed by atoms with E-state index < -0.39 is 0 Å². The minimum Gasteiger partial charge on any atom is -0.492 e. The normalized spacial score (nSPS) is 12.8. The van der Waals surface area contributed by atoms with E-state index in [1.165, 1.54) is 0 Å². The van der Waals surface area contributed by atoms with Crippen molar-refractivity contribution in [3.05, 3.63) is 35.0 Å². The third-order valence-corrected chi connectivity index (χ3v) is 5.74. The number of hydrogen-bond acceptors (Lipinski definition) is 7. The first-order valence-corrected chi connectivity index (χ1v) is 10.3. The second-order valence-corrected chi connectivity index (χ2v) is 8.05. The van der Waals surface area contributed by atoms with E-state index in [0.717, 1.165) is 33.4 Å². The number of hydrogen-bond donors (Lipinski definition) is 1. The fraction of sp³-hybridized carbons (Fsp3) is 0.400. The second-order valence-electron chi connectivity index (χ2n) is 6.97. The number of ether oxygens (including phenoxy) is 2. The first kappa shape index (κ1) is 19.5. The molecule has 3 heterocycles. The summed E-state index contributed by atoms with van der Waals surface area (Å²) in [5.74, 6) is 1.29. The number of benzene rings is 1. The molecule has 0 radical (unpaired) electrons. The standard InChI is InChI=1S/C20H23N5O3S/c1-12(2)25-18(22-11-23-25)20-24-17-14-5-4-13(19(26)21-7-9-27-3)10-15(14)28-8-6-16(17)29-20/h4-5,10-12H,6-9H2,1-3H3,(H,21,26). The number of rotatable bonds is 6. The number of carbonyl (C=O) groups is 1. The molecule has 1 N–H and O–H groups in total. The highest BCUT2D eigenvalue weighted by Crippen LogP contribution is 2.40. The first-order chi connectivity index (χ1) is 14.1. The van der Waals surface area contributed by atoms with E-state index in [9.17, 15) is 4.79 Å². The van der Waals surface area contributed by atoms with Gasteiger partial charge in [-0.2, -0.15) is 5.10 Å². The van der Waals surface area contributed by atoms with Gasteiger partial charge >= 0.3 is 0 Å². The molecule has 1 aromatic carbocycles. The highest BCUT2D eigenvalue weighted by atomic mass is 32.1. The minimum absolute atomic E-state index is 0.151. The lowest BCUT2D eigenvalue weighted by molar-refractivity contribution is 0.0936. The van der Waals surface area contributed by atoms with Crippen LogP contribution in [0.25, 0.3) is 22.1 Å². The highest BCUT2D eigenvalue weighted by Gasteiger charge is 2.24. The molecule has 1 amide bonds. The van der Waals surface area contributed by atoms with Gasteiger partial charge < -0.3 is 14.8 Å². The van der Waals surface area contributed by atoms with Gasteiger partial charge in [-0.3, -0.25) is 4.79 Å². The van der Waals surface area contributed by atoms with Gasteiger partial charge in [0.2, 0.25) is 0 Å². The van der Waals surface area contributed by atoms with Gasteiger partial charge in [0.15, 0.2) is 10.8 Å². The summed E-state index contributed by atoms with van der Waals surface area (Å²) in [4.78, 5) is 22.8. The lowest BCUT2D eigenvalue weighted by Gasteiger charge is -2.10. The molecule has 0 aliphatic carbocycles. The SMILES string of the molecule is COCCNC(=O)c1ccc2c(c1)OCCc1sc(-c3ncnn3C(C)C)nc1-2. The van der Waals surface area contributed by atoms with E-state index in [4.69, 9.17) is 14.5 Å². The Hall–Kier alpha value is -2.78. The number of nitrogens with zero attached hydrogens (tertiary/aromatic N) is 4. The number of fused-ring (bicyclic) bond motifs is 3. The van der Waals surface area contributed by atoms with Crippen LogP contribution in [0.1, 0.15) is 35.1 Å². The van der Waals surface area contributed by atoms with Crippen molar-refractivity contribution in [3.8, 4) is 27.8 Å². The van der Waals surface area contributed by atoms with E-state index >= 15 is 0 Å². The fourth-order valence-electron chi connectivity index (χ4n) is 3.21. The number of aromatic nitrogens is 4. The topological polar surface area (TPSA) is 91.2 Å². The molecule has 3 aromatic rings. The van der Waals surface area contributed by atoms with Crippen LogP contribution in [0.15, 0.2) is 24.5 Å². The van der Waals surface area contributed by atoms with Gasteiger partial charge in [0.1, 0.15) is 12.1 Å². The number of amides is 1. The van der Waals surface area contributed by atoms with Crippen molar-refractivity contribution in [2.24, 2.45) is 0 Å². The zero-order valence-corrected chi connectivity index (χ0v) is 17.5. The van der Waals surface area contributed by atoms with Crippen LogP contribution in [0.3, 0.4) is 0 Å². The summed E-state index contributed by atoms with van der Waals surface area (Å²) in [7, 11) is 1.60. The van der Waals surface area contributed by atoms with Gasteiger partial charge in [0.05, 0.1) is 18.9 Å². The van der Waals surface area contributed by atoms with E-state index in [0.29, 0.717) is 31.1 Å². The van der Waals surface area contributed by atoms with Crippen molar-refractivity contribution in [1.82, 2.24) is 25.1 Å². The Labute approximate surface area is 172 Å². The molecule has 0 saturated heterocycles. The van der Waals surface area contributed by atoms with Gasteiger partial charge in [-0.05, 0) is 32.0 Å². The Morgan fingerprint density at radius 3 is 3.07 bits per heavy atom. The predicted octanol–water partition coefficient (Wildman–Crippen LogP) is 2.96. The molecule has 0 spiro atoms. The lowest BCUT2D eigenvalue weighted by atomic mass is 10.1. The van der Waals surface area contributed by atoms with Crippen LogP contribution in [0, 0.1) is 0 Å². The summed E-state index contributed by atoms with van der Waals surface area (Å²) in [6, 6.07) is 5.68. The van der Waals surface area contributed by atoms with E-state index in [2.05, 4.69) is 29.2 Å². The van der Waals surface area contributed by atoms with Crippen LogP contribution < -0.4 is 10.1 Å². The van der Waals surface area contributed by atoms with Crippen molar-refractivity contribution in [2.45, 2.75) is 26.3 Å². The molecule has 1 aliphatic heterocycles. The third kappa shape index (κ3) is 3.88. The maximum atomic E-state index is 12.3. The highest BCUT2D eigenvalue weighted by molar-refractivity contribution is 7.15. The van der Waals surface area contributed by atoms with Crippen molar-refractivity contribution in [2.75, 3.05) is 26.9 Å². The Balaban J connectivity index is 1.67. The van der Waals surface area contributed by atoms with E-state index in [-0.39, 0.29) is 11.9 Å². The smallest absolute Gasteiger partial charge is 0.251 e. The Kier molecular flexibility index (Phi) is 5.59. The number of carbonyl (C=O) groups excluding carboxylic acids is 1. The minimum atomic E-state index is -0.151. The maximum absolute atomic E-state index is 12.3. The third-order valence-electron chi connectivity index (χ3n) is 4.63. The van der Waals surface area contributed by atoms with Crippen molar-refractivity contribution in [3.63, 3.8) is 0 Å².